The van der Waals surface area contributed by atoms with Gasteiger partial charge >= 0.3 is 0 Å². The number of halogens is 1. The van der Waals surface area contributed by atoms with Gasteiger partial charge in [0.25, 0.3) is 11.6 Å². The van der Waals surface area contributed by atoms with Gasteiger partial charge in [0.05, 0.1) is 14.7 Å². The number of nitro groups is 1. The van der Waals surface area contributed by atoms with Crippen molar-refractivity contribution in [1.82, 2.24) is 9.21 Å². The number of carbonyl (C=O) groups is 1. The van der Waals surface area contributed by atoms with Gasteiger partial charge in [-0.15, -0.1) is 11.8 Å². The second-order valence-corrected chi connectivity index (χ2v) is 11.7. The van der Waals surface area contributed by atoms with Gasteiger partial charge in [-0.05, 0) is 44.0 Å². The summed E-state index contributed by atoms with van der Waals surface area (Å²) < 4.78 is 27.6. The molecule has 2 aromatic carbocycles. The number of nitrogens with zero attached hydrogens (tertiary/aromatic N) is 3. The Balaban J connectivity index is 1.53. The molecule has 1 spiro atoms. The zero-order valence-corrected chi connectivity index (χ0v) is 19.8. The number of rotatable bonds is 4. The van der Waals surface area contributed by atoms with Gasteiger partial charge in [-0.3, -0.25) is 14.9 Å². The fraction of sp³-hybridized carbons (Fsp3) is 0.381. The lowest BCUT2D eigenvalue weighted by atomic mass is 10.0. The summed E-state index contributed by atoms with van der Waals surface area (Å²) in [5.74, 6) is 0.761. The van der Waals surface area contributed by atoms with Crippen molar-refractivity contribution in [3.63, 3.8) is 0 Å². The van der Waals surface area contributed by atoms with E-state index in [9.17, 15) is 23.3 Å². The van der Waals surface area contributed by atoms with Crippen LogP contribution in [0, 0.1) is 17.0 Å². The summed E-state index contributed by atoms with van der Waals surface area (Å²) in [5.41, 5.74) is 1.20. The maximum atomic E-state index is 13.2. The van der Waals surface area contributed by atoms with Crippen molar-refractivity contribution in [1.29, 1.82) is 0 Å². The van der Waals surface area contributed by atoms with E-state index in [4.69, 9.17) is 11.6 Å². The molecule has 2 saturated heterocycles. The summed E-state index contributed by atoms with van der Waals surface area (Å²) in [7, 11) is -3.92. The number of aryl methyl sites for hydroxylation is 1. The quantitative estimate of drug-likeness (QED) is 0.470. The second-order valence-electron chi connectivity index (χ2n) is 7.90. The first-order valence-electron chi connectivity index (χ1n) is 10.1. The van der Waals surface area contributed by atoms with Crippen molar-refractivity contribution in [3.8, 4) is 0 Å². The molecule has 8 nitrogen and oxygen atoms in total. The van der Waals surface area contributed by atoms with E-state index in [1.807, 2.05) is 30.0 Å². The van der Waals surface area contributed by atoms with Crippen molar-refractivity contribution >= 4 is 45.0 Å². The molecule has 2 aliphatic rings. The summed E-state index contributed by atoms with van der Waals surface area (Å²) in [6.07, 6.45) is 0.980. The van der Waals surface area contributed by atoms with E-state index >= 15 is 0 Å². The highest BCUT2D eigenvalue weighted by molar-refractivity contribution is 8.00. The van der Waals surface area contributed by atoms with Gasteiger partial charge < -0.3 is 4.90 Å². The van der Waals surface area contributed by atoms with Crippen LogP contribution in [0.3, 0.4) is 0 Å². The summed E-state index contributed by atoms with van der Waals surface area (Å²) in [6.45, 7) is 3.01. The molecule has 0 aromatic heterocycles. The molecule has 170 valence electrons. The zero-order chi connectivity index (χ0) is 23.1. The maximum absolute atomic E-state index is 13.2. The minimum atomic E-state index is -3.92. The highest BCUT2D eigenvalue weighted by Gasteiger charge is 2.48. The smallest absolute Gasteiger partial charge is 0.289 e. The third kappa shape index (κ3) is 4.12. The standard InChI is InChI=1S/C21H22ClN3O5S2/c1-15-3-2-4-16(13-15)20(26)24-11-12-31-21(24)7-9-23(10-8-21)32(29,30)17-5-6-18(22)19(14-17)25(27)28/h2-6,13-14H,7-12H2,1H3. The fourth-order valence-electron chi connectivity index (χ4n) is 4.26. The van der Waals surface area contributed by atoms with Crippen LogP contribution in [0.15, 0.2) is 47.4 Å². The Morgan fingerprint density at radius 3 is 2.53 bits per heavy atom. The van der Waals surface area contributed by atoms with Crippen LogP contribution in [0.2, 0.25) is 5.02 Å². The lowest BCUT2D eigenvalue weighted by Gasteiger charge is -2.43. The highest BCUT2D eigenvalue weighted by Crippen LogP contribution is 2.45. The van der Waals surface area contributed by atoms with Crippen LogP contribution in [-0.2, 0) is 10.0 Å². The number of carbonyl (C=O) groups excluding carboxylic acids is 1. The van der Waals surface area contributed by atoms with Crippen molar-refractivity contribution in [2.45, 2.75) is 29.5 Å². The number of benzene rings is 2. The average molecular weight is 496 g/mol. The van der Waals surface area contributed by atoms with Crippen LogP contribution in [0.4, 0.5) is 5.69 Å². The van der Waals surface area contributed by atoms with E-state index in [2.05, 4.69) is 0 Å². The largest absolute Gasteiger partial charge is 0.323 e. The van der Waals surface area contributed by atoms with Gasteiger partial charge in [-0.1, -0.05) is 29.3 Å². The van der Waals surface area contributed by atoms with Crippen molar-refractivity contribution in [3.05, 3.63) is 68.7 Å². The van der Waals surface area contributed by atoms with Gasteiger partial charge in [0, 0.05) is 37.0 Å². The zero-order valence-electron chi connectivity index (χ0n) is 17.4. The SMILES string of the molecule is Cc1cccc(C(=O)N2CCSC23CCN(S(=O)(=O)c2ccc(Cl)c([N+](=O)[O-])c2)CC3)c1. The minimum Gasteiger partial charge on any atom is -0.323 e. The molecule has 0 radical (unpaired) electrons. The van der Waals surface area contributed by atoms with Gasteiger partial charge in [-0.25, -0.2) is 8.42 Å². The number of hydrogen-bond acceptors (Lipinski definition) is 6. The number of nitro benzene ring substituents is 1. The third-order valence-electron chi connectivity index (χ3n) is 5.94. The Bertz CT molecular complexity index is 1180. The Hall–Kier alpha value is -2.14. The molecular formula is C21H22ClN3O5S2. The molecule has 0 N–H and O–H groups in total. The molecule has 2 heterocycles. The van der Waals surface area contributed by atoms with E-state index in [-0.39, 0.29) is 28.9 Å². The highest BCUT2D eigenvalue weighted by atomic mass is 35.5. The first kappa shape index (κ1) is 23.0. The summed E-state index contributed by atoms with van der Waals surface area (Å²) in [6, 6.07) is 11.0. The van der Waals surface area contributed by atoms with Crippen LogP contribution in [0.1, 0.15) is 28.8 Å². The Morgan fingerprint density at radius 2 is 1.88 bits per heavy atom. The normalized spacial score (nSPS) is 18.8. The molecule has 32 heavy (non-hydrogen) atoms. The van der Waals surface area contributed by atoms with E-state index in [1.165, 1.54) is 16.4 Å². The monoisotopic (exact) mass is 495 g/mol. The van der Waals surface area contributed by atoms with E-state index in [1.54, 1.807) is 17.8 Å². The molecule has 2 fully saturated rings. The molecule has 11 heteroatoms. The summed E-state index contributed by atoms with van der Waals surface area (Å²) in [4.78, 5) is 24.9. The topological polar surface area (TPSA) is 101 Å². The number of hydrogen-bond donors (Lipinski definition) is 0. The molecule has 1 amide bonds. The number of thioether (sulfide) groups is 1. The summed E-state index contributed by atoms with van der Waals surface area (Å²) >= 11 is 7.52. The molecule has 2 aromatic rings. The van der Waals surface area contributed by atoms with Crippen LogP contribution >= 0.6 is 23.4 Å². The van der Waals surface area contributed by atoms with E-state index in [0.717, 1.165) is 17.4 Å². The number of amides is 1. The first-order valence-corrected chi connectivity index (χ1v) is 12.9. The molecule has 4 rings (SSSR count). The Kier molecular flexibility index (Phi) is 6.23. The first-order chi connectivity index (χ1) is 15.1. The molecule has 0 bridgehead atoms. The molecule has 0 aliphatic carbocycles. The fourth-order valence-corrected chi connectivity index (χ4v) is 7.36. The lowest BCUT2D eigenvalue weighted by Crippen LogP contribution is -2.53. The van der Waals surface area contributed by atoms with Crippen LogP contribution in [-0.4, -0.2) is 58.7 Å². The Morgan fingerprint density at radius 1 is 1.16 bits per heavy atom. The number of sulfonamides is 1. The van der Waals surface area contributed by atoms with Crippen molar-refractivity contribution < 1.29 is 18.1 Å². The molecular weight excluding hydrogens is 474 g/mol. The Labute approximate surface area is 195 Å². The maximum Gasteiger partial charge on any atom is 0.289 e. The lowest BCUT2D eigenvalue weighted by molar-refractivity contribution is -0.384. The third-order valence-corrected chi connectivity index (χ3v) is 9.71. The van der Waals surface area contributed by atoms with Gasteiger partial charge in [-0.2, -0.15) is 4.31 Å². The van der Waals surface area contributed by atoms with Gasteiger partial charge in [0.15, 0.2) is 0 Å². The average Bonchev–Trinajstić information content (AvgIpc) is 3.16. The minimum absolute atomic E-state index is 0.0386. The van der Waals surface area contributed by atoms with Crippen LogP contribution in [0.25, 0.3) is 0 Å². The van der Waals surface area contributed by atoms with Crippen LogP contribution in [0.5, 0.6) is 0 Å². The molecule has 2 aliphatic heterocycles. The van der Waals surface area contributed by atoms with Gasteiger partial charge in [0.2, 0.25) is 10.0 Å². The predicted molar refractivity (Wildman–Crippen MR) is 124 cm³/mol. The molecule has 0 atom stereocenters. The number of piperidine rings is 1. The van der Waals surface area contributed by atoms with Crippen molar-refractivity contribution in [2.24, 2.45) is 0 Å². The predicted octanol–water partition coefficient (Wildman–Crippen LogP) is 3.93. The molecule has 0 unspecified atom stereocenters. The van der Waals surface area contributed by atoms with Gasteiger partial charge in [0.1, 0.15) is 5.02 Å². The molecule has 0 saturated carbocycles. The second kappa shape index (κ2) is 8.66. The summed E-state index contributed by atoms with van der Waals surface area (Å²) in [5, 5.41) is 11.0. The van der Waals surface area contributed by atoms with E-state index in [0.29, 0.717) is 24.9 Å². The van der Waals surface area contributed by atoms with E-state index < -0.39 is 25.5 Å². The van der Waals surface area contributed by atoms with Crippen LogP contribution < -0.4 is 0 Å². The van der Waals surface area contributed by atoms with Crippen molar-refractivity contribution in [2.75, 3.05) is 25.4 Å².